The van der Waals surface area contributed by atoms with Gasteiger partial charge in [-0.1, -0.05) is 25.5 Å². The van der Waals surface area contributed by atoms with E-state index < -0.39 is 0 Å². The van der Waals surface area contributed by atoms with Gasteiger partial charge < -0.3 is 10.6 Å². The Kier molecular flexibility index (Phi) is 4.83. The maximum atomic E-state index is 12.0. The van der Waals surface area contributed by atoms with E-state index in [4.69, 9.17) is 5.73 Å². The highest BCUT2D eigenvalue weighted by Gasteiger charge is 2.23. The minimum Gasteiger partial charge on any atom is -0.399 e. The standard InChI is InChI=1S/C16H24N2O/c1-2-3-4-16(19)18-11-9-14(10-12-18)13-5-7-15(17)8-6-13/h5-8,14H,2-4,9-12,17H2,1H3. The molecule has 0 bridgehead atoms. The second kappa shape index (κ2) is 6.60. The summed E-state index contributed by atoms with van der Waals surface area (Å²) in [5.74, 6) is 0.911. The predicted molar refractivity (Wildman–Crippen MR) is 78.9 cm³/mol. The quantitative estimate of drug-likeness (QED) is 0.845. The lowest BCUT2D eigenvalue weighted by atomic mass is 9.89. The van der Waals surface area contributed by atoms with E-state index in [9.17, 15) is 4.79 Å². The molecule has 1 aromatic rings. The third-order valence-corrected chi connectivity index (χ3v) is 4.00. The largest absolute Gasteiger partial charge is 0.399 e. The second-order valence-corrected chi connectivity index (χ2v) is 5.43. The van der Waals surface area contributed by atoms with Crippen molar-refractivity contribution in [1.82, 2.24) is 4.90 Å². The lowest BCUT2D eigenvalue weighted by molar-refractivity contribution is -0.132. The molecule has 0 spiro atoms. The zero-order valence-corrected chi connectivity index (χ0v) is 11.8. The molecule has 3 nitrogen and oxygen atoms in total. The van der Waals surface area contributed by atoms with Crippen molar-refractivity contribution < 1.29 is 4.79 Å². The van der Waals surface area contributed by atoms with E-state index in [0.717, 1.165) is 44.5 Å². The van der Waals surface area contributed by atoms with Gasteiger partial charge in [-0.2, -0.15) is 0 Å². The Bertz CT molecular complexity index is 405. The number of benzene rings is 1. The van der Waals surface area contributed by atoms with Crippen LogP contribution in [0.1, 0.15) is 50.5 Å². The predicted octanol–water partition coefficient (Wildman–Crippen LogP) is 3.17. The minimum absolute atomic E-state index is 0.331. The summed E-state index contributed by atoms with van der Waals surface area (Å²) in [6, 6.07) is 8.17. The van der Waals surface area contributed by atoms with Gasteiger partial charge in [0.05, 0.1) is 0 Å². The molecule has 1 aliphatic heterocycles. The molecule has 1 aliphatic rings. The van der Waals surface area contributed by atoms with E-state index in [1.165, 1.54) is 5.56 Å². The summed E-state index contributed by atoms with van der Waals surface area (Å²) >= 11 is 0. The molecule has 2 rings (SSSR count). The third-order valence-electron chi connectivity index (χ3n) is 4.00. The number of hydrogen-bond donors (Lipinski definition) is 1. The topological polar surface area (TPSA) is 46.3 Å². The Balaban J connectivity index is 1.85. The number of carbonyl (C=O) groups is 1. The fourth-order valence-electron chi connectivity index (χ4n) is 2.72. The van der Waals surface area contributed by atoms with E-state index >= 15 is 0 Å². The number of hydrogen-bond acceptors (Lipinski definition) is 2. The third kappa shape index (κ3) is 3.72. The number of amides is 1. The van der Waals surface area contributed by atoms with Crippen LogP contribution in [0.5, 0.6) is 0 Å². The van der Waals surface area contributed by atoms with Crippen molar-refractivity contribution in [2.75, 3.05) is 18.8 Å². The molecule has 104 valence electrons. The van der Waals surface area contributed by atoms with Crippen molar-refractivity contribution in [3.8, 4) is 0 Å². The van der Waals surface area contributed by atoms with Crippen LogP contribution in [0.15, 0.2) is 24.3 Å². The van der Waals surface area contributed by atoms with E-state index in [-0.39, 0.29) is 0 Å². The van der Waals surface area contributed by atoms with Crippen molar-refractivity contribution >= 4 is 11.6 Å². The highest BCUT2D eigenvalue weighted by Crippen LogP contribution is 2.28. The molecule has 0 radical (unpaired) electrons. The molecule has 0 aliphatic carbocycles. The van der Waals surface area contributed by atoms with E-state index in [1.54, 1.807) is 0 Å². The second-order valence-electron chi connectivity index (χ2n) is 5.43. The van der Waals surface area contributed by atoms with Gasteiger partial charge in [0, 0.05) is 25.2 Å². The Labute approximate surface area is 115 Å². The molecule has 0 unspecified atom stereocenters. The van der Waals surface area contributed by atoms with Crippen LogP contribution >= 0.6 is 0 Å². The highest BCUT2D eigenvalue weighted by atomic mass is 16.2. The minimum atomic E-state index is 0.331. The molecule has 1 saturated heterocycles. The van der Waals surface area contributed by atoms with Crippen LogP contribution < -0.4 is 5.73 Å². The molecule has 3 heteroatoms. The Morgan fingerprint density at radius 2 is 1.89 bits per heavy atom. The Hall–Kier alpha value is -1.51. The fourth-order valence-corrected chi connectivity index (χ4v) is 2.72. The van der Waals surface area contributed by atoms with Crippen LogP contribution in [0.4, 0.5) is 5.69 Å². The summed E-state index contributed by atoms with van der Waals surface area (Å²) < 4.78 is 0. The average molecular weight is 260 g/mol. The summed E-state index contributed by atoms with van der Waals surface area (Å²) in [7, 11) is 0. The molecule has 1 aromatic carbocycles. The zero-order valence-electron chi connectivity index (χ0n) is 11.8. The van der Waals surface area contributed by atoms with Crippen molar-refractivity contribution in [3.05, 3.63) is 29.8 Å². The first-order valence-corrected chi connectivity index (χ1v) is 7.34. The molecule has 2 N–H and O–H groups in total. The monoisotopic (exact) mass is 260 g/mol. The van der Waals surface area contributed by atoms with E-state index in [0.29, 0.717) is 18.2 Å². The normalized spacial score (nSPS) is 16.6. The van der Waals surface area contributed by atoms with Gasteiger partial charge in [-0.3, -0.25) is 4.79 Å². The molecule has 0 atom stereocenters. The Morgan fingerprint density at radius 1 is 1.26 bits per heavy atom. The molecule has 0 saturated carbocycles. The number of rotatable bonds is 4. The van der Waals surface area contributed by atoms with Crippen LogP contribution in [0.2, 0.25) is 0 Å². The van der Waals surface area contributed by atoms with Gasteiger partial charge in [0.1, 0.15) is 0 Å². The lowest BCUT2D eigenvalue weighted by Gasteiger charge is -2.32. The summed E-state index contributed by atoms with van der Waals surface area (Å²) in [5.41, 5.74) is 7.88. The van der Waals surface area contributed by atoms with Crippen LogP contribution in [0, 0.1) is 0 Å². The van der Waals surface area contributed by atoms with Crippen molar-refractivity contribution in [2.24, 2.45) is 0 Å². The van der Waals surface area contributed by atoms with Gasteiger partial charge in [-0.05, 0) is 42.9 Å². The fraction of sp³-hybridized carbons (Fsp3) is 0.562. The summed E-state index contributed by atoms with van der Waals surface area (Å²) in [6.45, 7) is 3.93. The molecule has 0 aromatic heterocycles. The van der Waals surface area contributed by atoms with Gasteiger partial charge >= 0.3 is 0 Å². The van der Waals surface area contributed by atoms with Crippen LogP contribution in [0.3, 0.4) is 0 Å². The van der Waals surface area contributed by atoms with Gasteiger partial charge in [0.2, 0.25) is 5.91 Å². The average Bonchev–Trinajstić information content (AvgIpc) is 2.46. The summed E-state index contributed by atoms with van der Waals surface area (Å²) in [4.78, 5) is 14.0. The molecule has 19 heavy (non-hydrogen) atoms. The first-order chi connectivity index (χ1) is 9.20. The van der Waals surface area contributed by atoms with E-state index in [2.05, 4.69) is 19.1 Å². The smallest absolute Gasteiger partial charge is 0.222 e. The number of nitrogen functional groups attached to an aromatic ring is 1. The van der Waals surface area contributed by atoms with E-state index in [1.807, 2.05) is 17.0 Å². The first kappa shape index (κ1) is 13.9. The van der Waals surface area contributed by atoms with Gasteiger partial charge in [-0.25, -0.2) is 0 Å². The van der Waals surface area contributed by atoms with Crippen LogP contribution in [-0.2, 0) is 4.79 Å². The number of nitrogens with zero attached hydrogens (tertiary/aromatic N) is 1. The molecule has 1 heterocycles. The molecule has 1 fully saturated rings. The number of anilines is 1. The maximum absolute atomic E-state index is 12.0. The highest BCUT2D eigenvalue weighted by molar-refractivity contribution is 5.76. The van der Waals surface area contributed by atoms with Crippen molar-refractivity contribution in [2.45, 2.75) is 44.9 Å². The van der Waals surface area contributed by atoms with Crippen molar-refractivity contribution in [3.63, 3.8) is 0 Å². The van der Waals surface area contributed by atoms with Crippen LogP contribution in [0.25, 0.3) is 0 Å². The van der Waals surface area contributed by atoms with Crippen LogP contribution in [-0.4, -0.2) is 23.9 Å². The number of piperidine rings is 1. The molecular formula is C16H24N2O. The van der Waals surface area contributed by atoms with Gasteiger partial charge in [0.25, 0.3) is 0 Å². The lowest BCUT2D eigenvalue weighted by Crippen LogP contribution is -2.37. The molecular weight excluding hydrogens is 236 g/mol. The Morgan fingerprint density at radius 3 is 2.47 bits per heavy atom. The zero-order chi connectivity index (χ0) is 13.7. The molecule has 1 amide bonds. The van der Waals surface area contributed by atoms with Crippen molar-refractivity contribution in [1.29, 1.82) is 0 Å². The SMILES string of the molecule is CCCCC(=O)N1CCC(c2ccc(N)cc2)CC1. The first-order valence-electron chi connectivity index (χ1n) is 7.34. The summed E-state index contributed by atoms with van der Waals surface area (Å²) in [5, 5.41) is 0. The number of likely N-dealkylation sites (tertiary alicyclic amines) is 1. The van der Waals surface area contributed by atoms with Gasteiger partial charge in [-0.15, -0.1) is 0 Å². The number of unbranched alkanes of at least 4 members (excludes halogenated alkanes) is 1. The number of nitrogens with two attached hydrogens (primary N) is 1. The maximum Gasteiger partial charge on any atom is 0.222 e. The number of carbonyl (C=O) groups excluding carboxylic acids is 1. The summed E-state index contributed by atoms with van der Waals surface area (Å²) in [6.07, 6.45) is 4.96. The van der Waals surface area contributed by atoms with Gasteiger partial charge in [0.15, 0.2) is 0 Å².